The number of carbonyl (C=O) groups is 1. The summed E-state index contributed by atoms with van der Waals surface area (Å²) in [6.45, 7) is 2.33. The molecule has 1 atom stereocenters. The summed E-state index contributed by atoms with van der Waals surface area (Å²) in [5.74, 6) is 0.581. The van der Waals surface area contributed by atoms with Gasteiger partial charge >= 0.3 is 0 Å². The summed E-state index contributed by atoms with van der Waals surface area (Å²) in [7, 11) is 0. The maximum absolute atomic E-state index is 12.3. The number of pyridine rings is 1. The molecule has 26 heavy (non-hydrogen) atoms. The van der Waals surface area contributed by atoms with E-state index < -0.39 is 6.10 Å². The van der Waals surface area contributed by atoms with E-state index in [0.717, 1.165) is 23.1 Å². The summed E-state index contributed by atoms with van der Waals surface area (Å²) in [6.07, 6.45) is 3.70. The van der Waals surface area contributed by atoms with Gasteiger partial charge in [0, 0.05) is 24.5 Å². The summed E-state index contributed by atoms with van der Waals surface area (Å²) >= 11 is 0. The van der Waals surface area contributed by atoms with Crippen LogP contribution in [0.4, 0.5) is 0 Å². The number of rotatable bonds is 7. The number of para-hydroxylation sites is 1. The molecule has 0 saturated carbocycles. The fourth-order valence-corrected chi connectivity index (χ4v) is 2.69. The smallest absolute Gasteiger partial charge is 0.260 e. The third-order valence-corrected chi connectivity index (χ3v) is 4.11. The number of amides is 1. The maximum Gasteiger partial charge on any atom is 0.260 e. The van der Waals surface area contributed by atoms with E-state index in [9.17, 15) is 4.79 Å². The molecule has 1 unspecified atom stereocenters. The Kier molecular flexibility index (Phi) is 5.99. The minimum atomic E-state index is -0.572. The molecule has 0 aliphatic carbocycles. The molecule has 1 amide bonds. The second kappa shape index (κ2) is 8.81. The fraction of sp³-hybridized carbons (Fsp3) is 0.182. The molecule has 3 rings (SSSR count). The Morgan fingerprint density at radius 3 is 2.46 bits per heavy atom. The Hall–Kier alpha value is -3.14. The van der Waals surface area contributed by atoms with E-state index in [-0.39, 0.29) is 5.91 Å². The van der Waals surface area contributed by atoms with Gasteiger partial charge in [-0.2, -0.15) is 0 Å². The average Bonchev–Trinajstić information content (AvgIpc) is 2.70. The van der Waals surface area contributed by atoms with Crippen LogP contribution in [0, 0.1) is 0 Å². The highest BCUT2D eigenvalue weighted by Gasteiger charge is 2.16. The maximum atomic E-state index is 12.3. The normalized spacial score (nSPS) is 11.6. The van der Waals surface area contributed by atoms with Crippen LogP contribution in [0.2, 0.25) is 0 Å². The van der Waals surface area contributed by atoms with Crippen LogP contribution in [0.5, 0.6) is 5.75 Å². The lowest BCUT2D eigenvalue weighted by atomic mass is 10.0. The molecule has 132 valence electrons. The zero-order valence-electron chi connectivity index (χ0n) is 14.8. The van der Waals surface area contributed by atoms with Crippen LogP contribution in [0.1, 0.15) is 12.5 Å². The van der Waals surface area contributed by atoms with Crippen LogP contribution >= 0.6 is 0 Å². The summed E-state index contributed by atoms with van der Waals surface area (Å²) in [5, 5.41) is 2.93. The SMILES string of the molecule is CC(Oc1ccccc1-c1ccccc1)C(=O)NCCc1ccncc1. The summed E-state index contributed by atoms with van der Waals surface area (Å²) in [5.41, 5.74) is 3.18. The van der Waals surface area contributed by atoms with Gasteiger partial charge in [-0.3, -0.25) is 9.78 Å². The van der Waals surface area contributed by atoms with E-state index in [1.165, 1.54) is 0 Å². The van der Waals surface area contributed by atoms with Crippen LogP contribution in [0.3, 0.4) is 0 Å². The molecule has 4 heteroatoms. The molecule has 0 saturated heterocycles. The lowest BCUT2D eigenvalue weighted by molar-refractivity contribution is -0.127. The first kappa shape index (κ1) is 17.7. The van der Waals surface area contributed by atoms with Gasteiger partial charge in [0.05, 0.1) is 0 Å². The predicted octanol–water partition coefficient (Wildman–Crippen LogP) is 3.87. The van der Waals surface area contributed by atoms with Gasteiger partial charge in [0.1, 0.15) is 5.75 Å². The molecule has 1 N–H and O–H groups in total. The van der Waals surface area contributed by atoms with E-state index in [2.05, 4.69) is 10.3 Å². The van der Waals surface area contributed by atoms with E-state index in [0.29, 0.717) is 12.3 Å². The zero-order valence-corrected chi connectivity index (χ0v) is 14.8. The monoisotopic (exact) mass is 346 g/mol. The number of aromatic nitrogens is 1. The van der Waals surface area contributed by atoms with Crippen LogP contribution in [0.25, 0.3) is 11.1 Å². The second-order valence-electron chi connectivity index (χ2n) is 6.02. The molecule has 3 aromatic rings. The largest absolute Gasteiger partial charge is 0.480 e. The minimum absolute atomic E-state index is 0.123. The summed E-state index contributed by atoms with van der Waals surface area (Å²) in [6, 6.07) is 21.7. The molecule has 0 aliphatic rings. The Balaban J connectivity index is 1.59. The number of hydrogen-bond acceptors (Lipinski definition) is 3. The fourth-order valence-electron chi connectivity index (χ4n) is 2.69. The van der Waals surface area contributed by atoms with E-state index in [1.807, 2.05) is 66.7 Å². The van der Waals surface area contributed by atoms with Crippen LogP contribution in [-0.4, -0.2) is 23.5 Å². The highest BCUT2D eigenvalue weighted by atomic mass is 16.5. The zero-order chi connectivity index (χ0) is 18.2. The van der Waals surface area contributed by atoms with Crippen molar-refractivity contribution in [3.8, 4) is 16.9 Å². The minimum Gasteiger partial charge on any atom is -0.480 e. The van der Waals surface area contributed by atoms with Gasteiger partial charge in [0.15, 0.2) is 6.10 Å². The molecule has 0 bridgehead atoms. The Morgan fingerprint density at radius 1 is 1.00 bits per heavy atom. The third-order valence-electron chi connectivity index (χ3n) is 4.11. The van der Waals surface area contributed by atoms with E-state index in [4.69, 9.17) is 4.74 Å². The van der Waals surface area contributed by atoms with Gasteiger partial charge in [-0.15, -0.1) is 0 Å². The lowest BCUT2D eigenvalue weighted by Crippen LogP contribution is -2.37. The Morgan fingerprint density at radius 2 is 1.69 bits per heavy atom. The van der Waals surface area contributed by atoms with Crippen molar-refractivity contribution in [1.29, 1.82) is 0 Å². The Bertz CT molecular complexity index is 835. The highest BCUT2D eigenvalue weighted by Crippen LogP contribution is 2.30. The van der Waals surface area contributed by atoms with Gasteiger partial charge in [-0.25, -0.2) is 0 Å². The number of carbonyl (C=O) groups excluding carboxylic acids is 1. The van der Waals surface area contributed by atoms with Crippen molar-refractivity contribution in [2.24, 2.45) is 0 Å². The van der Waals surface area contributed by atoms with Crippen molar-refractivity contribution >= 4 is 5.91 Å². The average molecular weight is 346 g/mol. The molecular weight excluding hydrogens is 324 g/mol. The standard InChI is InChI=1S/C22H22N2O2/c1-17(22(25)24-16-13-18-11-14-23-15-12-18)26-21-10-6-5-9-20(21)19-7-3-2-4-8-19/h2-12,14-15,17H,13,16H2,1H3,(H,24,25). The van der Waals surface area contributed by atoms with Gasteiger partial charge < -0.3 is 10.1 Å². The van der Waals surface area contributed by atoms with E-state index in [1.54, 1.807) is 19.3 Å². The first-order chi connectivity index (χ1) is 12.7. The van der Waals surface area contributed by atoms with Gasteiger partial charge in [0.2, 0.25) is 0 Å². The van der Waals surface area contributed by atoms with Crippen molar-refractivity contribution in [2.45, 2.75) is 19.4 Å². The molecule has 2 aromatic carbocycles. The topological polar surface area (TPSA) is 51.2 Å². The quantitative estimate of drug-likeness (QED) is 0.706. The van der Waals surface area contributed by atoms with Crippen molar-refractivity contribution < 1.29 is 9.53 Å². The number of hydrogen-bond donors (Lipinski definition) is 1. The van der Waals surface area contributed by atoms with Crippen molar-refractivity contribution in [3.05, 3.63) is 84.7 Å². The van der Waals surface area contributed by atoms with E-state index >= 15 is 0 Å². The van der Waals surface area contributed by atoms with Crippen molar-refractivity contribution in [2.75, 3.05) is 6.54 Å². The predicted molar refractivity (Wildman–Crippen MR) is 103 cm³/mol. The highest BCUT2D eigenvalue weighted by molar-refractivity contribution is 5.81. The molecule has 4 nitrogen and oxygen atoms in total. The van der Waals surface area contributed by atoms with Crippen LogP contribution in [0.15, 0.2) is 79.1 Å². The van der Waals surface area contributed by atoms with Gasteiger partial charge in [-0.05, 0) is 42.7 Å². The number of nitrogens with one attached hydrogen (secondary N) is 1. The molecular formula is C22H22N2O2. The first-order valence-electron chi connectivity index (χ1n) is 8.72. The molecule has 1 heterocycles. The Labute approximate surface area is 153 Å². The number of benzene rings is 2. The summed E-state index contributed by atoms with van der Waals surface area (Å²) in [4.78, 5) is 16.3. The lowest BCUT2D eigenvalue weighted by Gasteiger charge is -2.17. The summed E-state index contributed by atoms with van der Waals surface area (Å²) < 4.78 is 5.94. The molecule has 0 aliphatic heterocycles. The van der Waals surface area contributed by atoms with Crippen LogP contribution in [-0.2, 0) is 11.2 Å². The number of nitrogens with zero attached hydrogens (tertiary/aromatic N) is 1. The molecule has 0 fully saturated rings. The molecule has 0 radical (unpaired) electrons. The van der Waals surface area contributed by atoms with Gasteiger partial charge in [-0.1, -0.05) is 48.5 Å². The van der Waals surface area contributed by atoms with Gasteiger partial charge in [0.25, 0.3) is 5.91 Å². The van der Waals surface area contributed by atoms with Crippen LogP contribution < -0.4 is 10.1 Å². The number of ether oxygens (including phenoxy) is 1. The van der Waals surface area contributed by atoms with Crippen molar-refractivity contribution in [3.63, 3.8) is 0 Å². The second-order valence-corrected chi connectivity index (χ2v) is 6.02. The molecule has 1 aromatic heterocycles. The first-order valence-corrected chi connectivity index (χ1v) is 8.72. The molecule has 0 spiro atoms. The van der Waals surface area contributed by atoms with Crippen molar-refractivity contribution in [1.82, 2.24) is 10.3 Å². The third kappa shape index (κ3) is 4.70.